The van der Waals surface area contributed by atoms with Crippen molar-refractivity contribution in [2.75, 3.05) is 4.90 Å². The van der Waals surface area contributed by atoms with Crippen molar-refractivity contribution in [1.29, 1.82) is 0 Å². The summed E-state index contributed by atoms with van der Waals surface area (Å²) in [6.07, 6.45) is 1.29. The summed E-state index contributed by atoms with van der Waals surface area (Å²) in [5.74, 6) is -1.91. The quantitative estimate of drug-likeness (QED) is 0.312. The van der Waals surface area contributed by atoms with Gasteiger partial charge < -0.3 is 9.52 Å². The van der Waals surface area contributed by atoms with Crippen molar-refractivity contribution in [3.8, 4) is 11.3 Å². The Bertz CT molecular complexity index is 1310. The normalized spacial score (nSPS) is 15.2. The van der Waals surface area contributed by atoms with Crippen LogP contribution in [0.2, 0.25) is 10.0 Å². The van der Waals surface area contributed by atoms with Gasteiger partial charge in [-0.2, -0.15) is 0 Å². The molecular weight excluding hydrogens is 475 g/mol. The number of carboxylic acids is 1. The number of furan rings is 1. The third kappa shape index (κ3) is 4.16. The monoisotopic (exact) mass is 486 g/mol. The largest absolute Gasteiger partial charge is 0.478 e. The third-order valence-electron chi connectivity index (χ3n) is 4.58. The Morgan fingerprint density at radius 2 is 1.78 bits per heavy atom. The van der Waals surface area contributed by atoms with E-state index in [4.69, 9.17) is 39.8 Å². The molecule has 3 aromatic rings. The van der Waals surface area contributed by atoms with Crippen LogP contribution in [-0.2, 0) is 9.59 Å². The lowest BCUT2D eigenvalue weighted by atomic mass is 10.1. The highest BCUT2D eigenvalue weighted by Crippen LogP contribution is 2.29. The summed E-state index contributed by atoms with van der Waals surface area (Å²) in [5.41, 5.74) is 0.656. The smallest absolute Gasteiger partial charge is 0.337 e. The molecule has 10 heteroatoms. The van der Waals surface area contributed by atoms with Gasteiger partial charge in [-0.3, -0.25) is 19.8 Å². The molecule has 7 nitrogen and oxygen atoms in total. The van der Waals surface area contributed by atoms with Crippen LogP contribution in [0.5, 0.6) is 0 Å². The Morgan fingerprint density at radius 1 is 1.06 bits per heavy atom. The van der Waals surface area contributed by atoms with Crippen LogP contribution in [0.3, 0.4) is 0 Å². The number of benzene rings is 2. The number of anilines is 1. The summed E-state index contributed by atoms with van der Waals surface area (Å²) in [5, 5.41) is 12.3. The fourth-order valence-electron chi connectivity index (χ4n) is 3.05. The average molecular weight is 487 g/mol. The molecule has 0 spiro atoms. The van der Waals surface area contributed by atoms with Crippen LogP contribution in [0.1, 0.15) is 16.1 Å². The zero-order valence-corrected chi connectivity index (χ0v) is 18.3. The molecule has 1 aromatic heterocycles. The number of thiocarbonyl (C=S) groups is 1. The first kappa shape index (κ1) is 21.8. The van der Waals surface area contributed by atoms with E-state index >= 15 is 0 Å². The predicted molar refractivity (Wildman–Crippen MR) is 124 cm³/mol. The van der Waals surface area contributed by atoms with Gasteiger partial charge in [0.1, 0.15) is 17.1 Å². The second kappa shape index (κ2) is 8.58. The minimum Gasteiger partial charge on any atom is -0.478 e. The van der Waals surface area contributed by atoms with Gasteiger partial charge in [0.15, 0.2) is 5.11 Å². The van der Waals surface area contributed by atoms with Gasteiger partial charge in [-0.15, -0.1) is 0 Å². The topological polar surface area (TPSA) is 99.9 Å². The van der Waals surface area contributed by atoms with Crippen molar-refractivity contribution in [3.05, 3.63) is 81.5 Å². The number of aromatic carboxylic acids is 1. The molecule has 160 valence electrons. The molecule has 4 rings (SSSR count). The lowest BCUT2D eigenvalue weighted by Crippen LogP contribution is -2.54. The first-order valence-electron chi connectivity index (χ1n) is 9.04. The van der Waals surface area contributed by atoms with Crippen LogP contribution in [-0.4, -0.2) is 28.0 Å². The lowest BCUT2D eigenvalue weighted by molar-refractivity contribution is -0.122. The molecule has 0 aliphatic carbocycles. The predicted octanol–water partition coefficient (Wildman–Crippen LogP) is 4.78. The number of amides is 2. The van der Waals surface area contributed by atoms with Gasteiger partial charge in [-0.1, -0.05) is 23.2 Å². The first-order chi connectivity index (χ1) is 15.2. The number of carbonyl (C=O) groups excluding carboxylic acids is 2. The number of hydrogen-bond donors (Lipinski definition) is 2. The van der Waals surface area contributed by atoms with E-state index in [-0.39, 0.29) is 27.0 Å². The number of rotatable bonds is 4. The number of nitrogens with zero attached hydrogens (tertiary/aromatic N) is 1. The summed E-state index contributed by atoms with van der Waals surface area (Å²) in [7, 11) is 0. The number of hydrogen-bond acceptors (Lipinski definition) is 5. The Balaban J connectivity index is 1.67. The minimum absolute atomic E-state index is 0.0537. The molecule has 1 aliphatic heterocycles. The highest BCUT2D eigenvalue weighted by molar-refractivity contribution is 7.80. The van der Waals surface area contributed by atoms with Crippen molar-refractivity contribution in [2.24, 2.45) is 0 Å². The molecule has 0 atom stereocenters. The third-order valence-corrected chi connectivity index (χ3v) is 5.45. The maximum atomic E-state index is 13.0. The Labute approximate surface area is 196 Å². The zero-order valence-electron chi connectivity index (χ0n) is 16.0. The van der Waals surface area contributed by atoms with Crippen LogP contribution in [0.25, 0.3) is 17.4 Å². The van der Waals surface area contributed by atoms with Gasteiger partial charge in [0.25, 0.3) is 11.8 Å². The molecule has 0 unspecified atom stereocenters. The average Bonchev–Trinajstić information content (AvgIpc) is 3.21. The maximum absolute atomic E-state index is 13.0. The fourth-order valence-corrected chi connectivity index (χ4v) is 3.66. The molecule has 0 bridgehead atoms. The fraction of sp³-hybridized carbons (Fsp3) is 0. The van der Waals surface area contributed by atoms with E-state index in [2.05, 4.69) is 5.32 Å². The van der Waals surface area contributed by atoms with Crippen LogP contribution in [0, 0.1) is 0 Å². The Kier molecular flexibility index (Phi) is 5.84. The second-order valence-electron chi connectivity index (χ2n) is 6.64. The van der Waals surface area contributed by atoms with Crippen molar-refractivity contribution >= 4 is 70.1 Å². The molecule has 2 heterocycles. The van der Waals surface area contributed by atoms with Crippen molar-refractivity contribution in [2.45, 2.75) is 0 Å². The van der Waals surface area contributed by atoms with Crippen molar-refractivity contribution in [3.63, 3.8) is 0 Å². The van der Waals surface area contributed by atoms with E-state index in [9.17, 15) is 19.5 Å². The van der Waals surface area contributed by atoms with E-state index < -0.39 is 17.8 Å². The SMILES string of the molecule is O=C1NC(=S)N(c2ccc(Cl)cc2)C(=O)C1=Cc1ccc(-c2ccc(Cl)c(C(=O)O)c2)o1. The summed E-state index contributed by atoms with van der Waals surface area (Å²) >= 11 is 17.0. The molecule has 2 amide bonds. The maximum Gasteiger partial charge on any atom is 0.337 e. The van der Waals surface area contributed by atoms with Gasteiger partial charge in [-0.05, 0) is 72.9 Å². The highest BCUT2D eigenvalue weighted by Gasteiger charge is 2.34. The minimum atomic E-state index is -1.17. The molecule has 0 radical (unpaired) electrons. The molecule has 32 heavy (non-hydrogen) atoms. The van der Waals surface area contributed by atoms with Gasteiger partial charge in [0.2, 0.25) is 0 Å². The molecule has 1 fully saturated rings. The van der Waals surface area contributed by atoms with Gasteiger partial charge in [-0.25, -0.2) is 4.79 Å². The number of nitrogens with one attached hydrogen (secondary N) is 1. The van der Waals surface area contributed by atoms with E-state index in [1.807, 2.05) is 0 Å². The van der Waals surface area contributed by atoms with Crippen LogP contribution < -0.4 is 10.2 Å². The van der Waals surface area contributed by atoms with E-state index in [1.54, 1.807) is 42.5 Å². The summed E-state index contributed by atoms with van der Waals surface area (Å²) in [6.45, 7) is 0. The van der Waals surface area contributed by atoms with Crippen LogP contribution in [0.4, 0.5) is 5.69 Å². The Hall–Kier alpha value is -3.46. The molecule has 2 aromatic carbocycles. The first-order valence-corrected chi connectivity index (χ1v) is 10.2. The number of carboxylic acid groups (broad SMARTS) is 1. The van der Waals surface area contributed by atoms with E-state index in [0.29, 0.717) is 22.0 Å². The number of halogens is 2. The summed E-state index contributed by atoms with van der Waals surface area (Å²) in [4.78, 5) is 37.9. The molecule has 1 saturated heterocycles. The Morgan fingerprint density at radius 3 is 2.47 bits per heavy atom. The summed E-state index contributed by atoms with van der Waals surface area (Å²) in [6, 6.07) is 14.0. The van der Waals surface area contributed by atoms with Gasteiger partial charge in [0, 0.05) is 10.6 Å². The second-order valence-corrected chi connectivity index (χ2v) is 7.87. The molecule has 2 N–H and O–H groups in total. The van der Waals surface area contributed by atoms with Crippen LogP contribution >= 0.6 is 35.4 Å². The number of carbonyl (C=O) groups is 3. The highest BCUT2D eigenvalue weighted by atomic mass is 35.5. The van der Waals surface area contributed by atoms with Gasteiger partial charge in [0.05, 0.1) is 16.3 Å². The van der Waals surface area contributed by atoms with Crippen molar-refractivity contribution in [1.82, 2.24) is 5.32 Å². The standard InChI is InChI=1S/C22H12Cl2N2O5S/c23-12-2-4-13(5-3-12)26-20(28)16(19(27)25-22(26)32)10-14-6-8-18(31-14)11-1-7-17(24)15(9-11)21(29)30/h1-10H,(H,29,30)(H,25,27,32). The molecule has 0 saturated carbocycles. The zero-order chi connectivity index (χ0) is 23.0. The van der Waals surface area contributed by atoms with Gasteiger partial charge >= 0.3 is 5.97 Å². The summed E-state index contributed by atoms with van der Waals surface area (Å²) < 4.78 is 5.71. The lowest BCUT2D eigenvalue weighted by Gasteiger charge is -2.28. The molecular formula is C22H12Cl2N2O5S. The van der Waals surface area contributed by atoms with E-state index in [0.717, 1.165) is 0 Å². The van der Waals surface area contributed by atoms with E-state index in [1.165, 1.54) is 23.1 Å². The molecule has 1 aliphatic rings. The van der Waals surface area contributed by atoms with Crippen molar-refractivity contribution < 1.29 is 23.9 Å². The van der Waals surface area contributed by atoms with Crippen LogP contribution in [0.15, 0.2) is 64.6 Å².